The average Bonchev–Trinajstić information content (AvgIpc) is 2.25. The second-order valence-electron chi connectivity index (χ2n) is 5.80. The van der Waals surface area contributed by atoms with E-state index in [1.807, 2.05) is 6.92 Å². The molecule has 1 aliphatic rings. The molecule has 0 aliphatic carbocycles. The van der Waals surface area contributed by atoms with Gasteiger partial charge >= 0.3 is 0 Å². The molecule has 1 rings (SSSR count). The van der Waals surface area contributed by atoms with Crippen LogP contribution >= 0.6 is 0 Å². The molecule has 1 fully saturated rings. The highest BCUT2D eigenvalue weighted by Gasteiger charge is 2.35. The lowest BCUT2D eigenvalue weighted by Crippen LogP contribution is -2.51. The van der Waals surface area contributed by atoms with Crippen molar-refractivity contribution in [3.8, 4) is 0 Å². The quantitative estimate of drug-likeness (QED) is 0.803. The number of hydrogen-bond acceptors (Lipinski definition) is 3. The van der Waals surface area contributed by atoms with Gasteiger partial charge in [0, 0.05) is 19.3 Å². The highest BCUT2D eigenvalue weighted by molar-refractivity contribution is 4.89. The third kappa shape index (κ3) is 3.72. The van der Waals surface area contributed by atoms with Crippen LogP contribution in [0.25, 0.3) is 0 Å². The summed E-state index contributed by atoms with van der Waals surface area (Å²) in [5.74, 6) is 0.449. The second kappa shape index (κ2) is 5.99. The molecule has 0 radical (unpaired) electrons. The van der Waals surface area contributed by atoms with E-state index in [1.165, 1.54) is 6.42 Å². The van der Waals surface area contributed by atoms with E-state index in [-0.39, 0.29) is 17.6 Å². The molecule has 1 aliphatic heterocycles. The van der Waals surface area contributed by atoms with Gasteiger partial charge in [-0.3, -0.25) is 0 Å². The van der Waals surface area contributed by atoms with E-state index < -0.39 is 0 Å². The smallest absolute Gasteiger partial charge is 0.0777 e. The summed E-state index contributed by atoms with van der Waals surface area (Å²) in [6.07, 6.45) is 2.41. The van der Waals surface area contributed by atoms with Crippen molar-refractivity contribution in [2.45, 2.75) is 52.7 Å². The predicted molar refractivity (Wildman–Crippen MR) is 66.4 cm³/mol. The second-order valence-corrected chi connectivity index (χ2v) is 5.80. The number of hydrogen-bond donors (Lipinski definition) is 1. The van der Waals surface area contributed by atoms with Crippen LogP contribution in [0.2, 0.25) is 0 Å². The van der Waals surface area contributed by atoms with Crippen molar-refractivity contribution in [2.75, 3.05) is 19.8 Å². The molecule has 0 saturated carbocycles. The fourth-order valence-electron chi connectivity index (χ4n) is 2.43. The van der Waals surface area contributed by atoms with Gasteiger partial charge in [0.1, 0.15) is 0 Å². The van der Waals surface area contributed by atoms with Crippen LogP contribution in [-0.4, -0.2) is 32.0 Å². The zero-order valence-electron chi connectivity index (χ0n) is 11.2. The minimum absolute atomic E-state index is 0.0836. The minimum Gasteiger partial charge on any atom is -0.381 e. The van der Waals surface area contributed by atoms with Gasteiger partial charge in [0.05, 0.1) is 12.7 Å². The molecule has 0 aromatic carbocycles. The first-order valence-corrected chi connectivity index (χ1v) is 6.41. The van der Waals surface area contributed by atoms with Crippen LogP contribution in [0.1, 0.15) is 40.5 Å². The van der Waals surface area contributed by atoms with Crippen LogP contribution in [0, 0.1) is 11.3 Å². The summed E-state index contributed by atoms with van der Waals surface area (Å²) < 4.78 is 11.3. The van der Waals surface area contributed by atoms with Crippen molar-refractivity contribution < 1.29 is 9.47 Å². The molecular weight excluding hydrogens is 202 g/mol. The molecule has 3 atom stereocenters. The van der Waals surface area contributed by atoms with Crippen molar-refractivity contribution in [2.24, 2.45) is 17.1 Å². The molecule has 0 spiro atoms. The summed E-state index contributed by atoms with van der Waals surface area (Å²) in [4.78, 5) is 0. The Morgan fingerprint density at radius 3 is 2.56 bits per heavy atom. The number of ether oxygens (including phenoxy) is 2. The van der Waals surface area contributed by atoms with Gasteiger partial charge in [-0.2, -0.15) is 0 Å². The molecule has 3 nitrogen and oxygen atoms in total. The first kappa shape index (κ1) is 13.9. The maximum atomic E-state index is 6.36. The Labute approximate surface area is 99.7 Å². The van der Waals surface area contributed by atoms with Crippen LogP contribution in [0.15, 0.2) is 0 Å². The van der Waals surface area contributed by atoms with E-state index >= 15 is 0 Å². The van der Waals surface area contributed by atoms with Gasteiger partial charge in [0.25, 0.3) is 0 Å². The summed E-state index contributed by atoms with van der Waals surface area (Å²) in [5.41, 5.74) is 6.45. The molecule has 3 heteroatoms. The molecule has 1 saturated heterocycles. The lowest BCUT2D eigenvalue weighted by atomic mass is 9.78. The molecule has 0 amide bonds. The van der Waals surface area contributed by atoms with Crippen molar-refractivity contribution in [1.82, 2.24) is 0 Å². The molecule has 2 N–H and O–H groups in total. The first-order valence-electron chi connectivity index (χ1n) is 6.41. The van der Waals surface area contributed by atoms with E-state index in [0.717, 1.165) is 26.2 Å². The van der Waals surface area contributed by atoms with Crippen LogP contribution in [-0.2, 0) is 9.47 Å². The van der Waals surface area contributed by atoms with Gasteiger partial charge in [-0.25, -0.2) is 0 Å². The Bertz CT molecular complexity index is 195. The highest BCUT2D eigenvalue weighted by atomic mass is 16.5. The molecule has 0 bridgehead atoms. The Balaban J connectivity index is 2.61. The maximum absolute atomic E-state index is 6.36. The molecule has 96 valence electrons. The molecule has 3 unspecified atom stereocenters. The van der Waals surface area contributed by atoms with Gasteiger partial charge in [0.2, 0.25) is 0 Å². The topological polar surface area (TPSA) is 44.5 Å². The van der Waals surface area contributed by atoms with Gasteiger partial charge < -0.3 is 15.2 Å². The standard InChI is InChI=1S/C13H27NO2/c1-5-16-12(13(2,3)4)11(14)10-7-6-8-15-9-10/h10-12H,5-9,14H2,1-4H3. The van der Waals surface area contributed by atoms with E-state index in [2.05, 4.69) is 20.8 Å². The summed E-state index contributed by atoms with van der Waals surface area (Å²) in [5, 5.41) is 0. The van der Waals surface area contributed by atoms with Gasteiger partial charge in [-0.15, -0.1) is 0 Å². The summed E-state index contributed by atoms with van der Waals surface area (Å²) >= 11 is 0. The number of nitrogens with two attached hydrogens (primary N) is 1. The monoisotopic (exact) mass is 229 g/mol. The predicted octanol–water partition coefficient (Wildman–Crippen LogP) is 2.19. The fourth-order valence-corrected chi connectivity index (χ4v) is 2.43. The van der Waals surface area contributed by atoms with Crippen molar-refractivity contribution >= 4 is 0 Å². The molecular formula is C13H27NO2. The van der Waals surface area contributed by atoms with E-state index in [4.69, 9.17) is 15.2 Å². The first-order chi connectivity index (χ1) is 7.46. The maximum Gasteiger partial charge on any atom is 0.0777 e. The summed E-state index contributed by atoms with van der Waals surface area (Å²) in [7, 11) is 0. The third-order valence-electron chi connectivity index (χ3n) is 3.29. The zero-order chi connectivity index (χ0) is 12.2. The Morgan fingerprint density at radius 2 is 2.12 bits per heavy atom. The minimum atomic E-state index is 0.0836. The molecule has 0 aromatic heterocycles. The molecule has 1 heterocycles. The highest BCUT2D eigenvalue weighted by Crippen LogP contribution is 2.29. The Morgan fingerprint density at radius 1 is 1.44 bits per heavy atom. The van der Waals surface area contributed by atoms with Crippen molar-refractivity contribution in [3.05, 3.63) is 0 Å². The van der Waals surface area contributed by atoms with E-state index in [1.54, 1.807) is 0 Å². The van der Waals surface area contributed by atoms with Crippen molar-refractivity contribution in [3.63, 3.8) is 0 Å². The zero-order valence-corrected chi connectivity index (χ0v) is 11.2. The van der Waals surface area contributed by atoms with Gasteiger partial charge in [-0.1, -0.05) is 20.8 Å². The lowest BCUT2D eigenvalue weighted by Gasteiger charge is -2.39. The average molecular weight is 229 g/mol. The summed E-state index contributed by atoms with van der Waals surface area (Å²) in [6, 6.07) is 0.0836. The van der Waals surface area contributed by atoms with Crippen molar-refractivity contribution in [1.29, 1.82) is 0 Å². The van der Waals surface area contributed by atoms with Crippen LogP contribution in [0.3, 0.4) is 0 Å². The molecule has 16 heavy (non-hydrogen) atoms. The van der Waals surface area contributed by atoms with E-state index in [9.17, 15) is 0 Å². The van der Waals surface area contributed by atoms with Gasteiger partial charge in [0.15, 0.2) is 0 Å². The fraction of sp³-hybridized carbons (Fsp3) is 1.00. The normalized spacial score (nSPS) is 26.4. The van der Waals surface area contributed by atoms with Gasteiger partial charge in [-0.05, 0) is 31.1 Å². The Hall–Kier alpha value is -0.120. The Kier molecular flexibility index (Phi) is 5.22. The van der Waals surface area contributed by atoms with Crippen LogP contribution < -0.4 is 5.73 Å². The summed E-state index contributed by atoms with van der Waals surface area (Å²) in [6.45, 7) is 11.0. The largest absolute Gasteiger partial charge is 0.381 e. The SMILES string of the molecule is CCOC(C(N)C1CCCOC1)C(C)(C)C. The molecule has 0 aromatic rings. The van der Waals surface area contributed by atoms with Crippen LogP contribution in [0.5, 0.6) is 0 Å². The number of rotatable bonds is 4. The lowest BCUT2D eigenvalue weighted by molar-refractivity contribution is -0.0591. The van der Waals surface area contributed by atoms with E-state index in [0.29, 0.717) is 5.92 Å². The third-order valence-corrected chi connectivity index (χ3v) is 3.29. The van der Waals surface area contributed by atoms with Crippen LogP contribution in [0.4, 0.5) is 0 Å².